The van der Waals surface area contributed by atoms with Crippen LogP contribution in [0.3, 0.4) is 0 Å². The molecule has 1 aromatic carbocycles. The molecule has 0 amide bonds. The molecule has 1 aromatic heterocycles. The summed E-state index contributed by atoms with van der Waals surface area (Å²) in [5.74, 6) is 0. The highest BCUT2D eigenvalue weighted by Gasteiger charge is 2.04. The second kappa shape index (κ2) is 4.24. The molecule has 0 fully saturated rings. The Labute approximate surface area is 89.4 Å². The minimum atomic E-state index is -0.000365. The summed E-state index contributed by atoms with van der Waals surface area (Å²) in [6.07, 6.45) is 4.45. The predicted molar refractivity (Wildman–Crippen MR) is 63.5 cm³/mol. The normalized spacial score (nSPS) is 12.6. The van der Waals surface area contributed by atoms with Crippen molar-refractivity contribution in [1.29, 1.82) is 0 Å². The predicted octanol–water partition coefficient (Wildman–Crippen LogP) is 2.81. The van der Waals surface area contributed by atoms with Crippen LogP contribution >= 0.6 is 0 Å². The molecule has 15 heavy (non-hydrogen) atoms. The quantitative estimate of drug-likeness (QED) is 0.770. The van der Waals surface area contributed by atoms with Crippen LogP contribution in [0.15, 0.2) is 49.2 Å². The Bertz CT molecular complexity index is 477. The van der Waals surface area contributed by atoms with Crippen LogP contribution in [0.5, 0.6) is 0 Å². The molecule has 2 rings (SSSR count). The van der Waals surface area contributed by atoms with Crippen molar-refractivity contribution in [2.24, 2.45) is 5.73 Å². The van der Waals surface area contributed by atoms with Crippen LogP contribution in [-0.2, 0) is 0 Å². The van der Waals surface area contributed by atoms with Crippen LogP contribution in [0.25, 0.3) is 10.9 Å². The van der Waals surface area contributed by atoms with Crippen LogP contribution in [0.4, 0.5) is 0 Å². The monoisotopic (exact) mass is 198 g/mol. The number of hydrogen-bond donors (Lipinski definition) is 1. The number of nitrogens with zero attached hydrogens (tertiary/aromatic N) is 1. The summed E-state index contributed by atoms with van der Waals surface area (Å²) in [7, 11) is 0. The first-order valence-electron chi connectivity index (χ1n) is 5.02. The van der Waals surface area contributed by atoms with Crippen molar-refractivity contribution in [3.05, 3.63) is 54.7 Å². The van der Waals surface area contributed by atoms with Crippen LogP contribution in [0, 0.1) is 0 Å². The van der Waals surface area contributed by atoms with Gasteiger partial charge in [0.05, 0.1) is 5.52 Å². The molecule has 1 heterocycles. The molecule has 2 N–H and O–H groups in total. The van der Waals surface area contributed by atoms with E-state index in [4.69, 9.17) is 5.73 Å². The maximum Gasteiger partial charge on any atom is 0.0702 e. The molecule has 0 unspecified atom stereocenters. The Balaban J connectivity index is 2.42. The van der Waals surface area contributed by atoms with E-state index in [1.165, 1.54) is 0 Å². The zero-order chi connectivity index (χ0) is 10.7. The number of rotatable bonds is 3. The zero-order valence-electron chi connectivity index (χ0n) is 8.56. The van der Waals surface area contributed by atoms with Crippen LogP contribution < -0.4 is 5.73 Å². The number of hydrogen-bond acceptors (Lipinski definition) is 2. The molecule has 2 aromatic rings. The fourth-order valence-corrected chi connectivity index (χ4v) is 1.61. The van der Waals surface area contributed by atoms with E-state index in [1.54, 1.807) is 0 Å². The van der Waals surface area contributed by atoms with E-state index in [2.05, 4.69) is 17.6 Å². The lowest BCUT2D eigenvalue weighted by Gasteiger charge is -2.09. The minimum absolute atomic E-state index is 0.000365. The van der Waals surface area contributed by atoms with Gasteiger partial charge in [0.1, 0.15) is 0 Å². The maximum atomic E-state index is 5.99. The smallest absolute Gasteiger partial charge is 0.0702 e. The van der Waals surface area contributed by atoms with Gasteiger partial charge < -0.3 is 5.73 Å². The van der Waals surface area contributed by atoms with E-state index in [0.29, 0.717) is 0 Å². The van der Waals surface area contributed by atoms with Gasteiger partial charge in [0, 0.05) is 17.6 Å². The summed E-state index contributed by atoms with van der Waals surface area (Å²) in [5, 5.41) is 1.13. The molecular formula is C13H14N2. The van der Waals surface area contributed by atoms with E-state index < -0.39 is 0 Å². The van der Waals surface area contributed by atoms with Gasteiger partial charge in [-0.3, -0.25) is 4.98 Å². The molecule has 0 saturated carbocycles. The third kappa shape index (κ3) is 2.05. The highest BCUT2D eigenvalue weighted by atomic mass is 14.7. The van der Waals surface area contributed by atoms with Gasteiger partial charge in [0.2, 0.25) is 0 Å². The molecule has 0 saturated heterocycles. The van der Waals surface area contributed by atoms with Gasteiger partial charge in [-0.05, 0) is 24.1 Å². The molecular weight excluding hydrogens is 184 g/mol. The molecule has 0 aliphatic rings. The van der Waals surface area contributed by atoms with Gasteiger partial charge in [-0.1, -0.05) is 24.3 Å². The largest absolute Gasteiger partial charge is 0.324 e. The molecule has 0 bridgehead atoms. The average Bonchev–Trinajstić information content (AvgIpc) is 2.29. The Morgan fingerprint density at radius 1 is 1.40 bits per heavy atom. The minimum Gasteiger partial charge on any atom is -0.324 e. The first-order valence-corrected chi connectivity index (χ1v) is 5.02. The van der Waals surface area contributed by atoms with Gasteiger partial charge in [0.15, 0.2) is 0 Å². The number of benzene rings is 1. The first-order chi connectivity index (χ1) is 7.31. The maximum absolute atomic E-state index is 5.99. The third-order valence-electron chi connectivity index (χ3n) is 2.46. The van der Waals surface area contributed by atoms with Gasteiger partial charge >= 0.3 is 0 Å². The van der Waals surface area contributed by atoms with Gasteiger partial charge in [-0.2, -0.15) is 0 Å². The van der Waals surface area contributed by atoms with Crippen molar-refractivity contribution in [2.45, 2.75) is 12.5 Å². The summed E-state index contributed by atoms with van der Waals surface area (Å²) >= 11 is 0. The van der Waals surface area contributed by atoms with Gasteiger partial charge in [0.25, 0.3) is 0 Å². The lowest BCUT2D eigenvalue weighted by Crippen LogP contribution is -2.09. The van der Waals surface area contributed by atoms with Crippen LogP contribution in [-0.4, -0.2) is 4.98 Å². The topological polar surface area (TPSA) is 38.9 Å². The van der Waals surface area contributed by atoms with Crippen molar-refractivity contribution in [3.63, 3.8) is 0 Å². The second-order valence-corrected chi connectivity index (χ2v) is 3.59. The van der Waals surface area contributed by atoms with E-state index in [0.717, 1.165) is 22.9 Å². The van der Waals surface area contributed by atoms with E-state index in [-0.39, 0.29) is 6.04 Å². The third-order valence-corrected chi connectivity index (χ3v) is 2.46. The summed E-state index contributed by atoms with van der Waals surface area (Å²) < 4.78 is 0. The summed E-state index contributed by atoms with van der Waals surface area (Å²) in [6, 6.07) is 10.1. The molecule has 0 aliphatic carbocycles. The summed E-state index contributed by atoms with van der Waals surface area (Å²) in [5.41, 5.74) is 8.06. The molecule has 2 nitrogen and oxygen atoms in total. The molecule has 0 radical (unpaired) electrons. The molecule has 76 valence electrons. The van der Waals surface area contributed by atoms with Crippen molar-refractivity contribution in [1.82, 2.24) is 4.98 Å². The second-order valence-electron chi connectivity index (χ2n) is 3.59. The average molecular weight is 198 g/mol. The number of nitrogens with two attached hydrogens (primary N) is 1. The molecule has 0 spiro atoms. The molecule has 1 atom stereocenters. The lowest BCUT2D eigenvalue weighted by atomic mass is 10.0. The lowest BCUT2D eigenvalue weighted by molar-refractivity contribution is 0.739. The highest BCUT2D eigenvalue weighted by Crippen LogP contribution is 2.18. The van der Waals surface area contributed by atoms with Crippen molar-refractivity contribution >= 4 is 10.9 Å². The number of pyridine rings is 1. The number of para-hydroxylation sites is 1. The first kappa shape index (κ1) is 9.87. The van der Waals surface area contributed by atoms with E-state index >= 15 is 0 Å². The zero-order valence-corrected chi connectivity index (χ0v) is 8.56. The fourth-order valence-electron chi connectivity index (χ4n) is 1.61. The van der Waals surface area contributed by atoms with Crippen LogP contribution in [0.2, 0.25) is 0 Å². The van der Waals surface area contributed by atoms with Crippen molar-refractivity contribution in [2.75, 3.05) is 0 Å². The summed E-state index contributed by atoms with van der Waals surface area (Å²) in [4.78, 5) is 4.37. The standard InChI is InChI=1S/C13H14N2/c1-2-5-12(14)11-8-10-6-3-4-7-13(10)15-9-11/h2-4,6-9,12H,1,5,14H2/t12-/m0/s1. The Kier molecular flexibility index (Phi) is 2.79. The number of fused-ring (bicyclic) bond motifs is 1. The Morgan fingerprint density at radius 2 is 2.20 bits per heavy atom. The summed E-state index contributed by atoms with van der Waals surface area (Å²) in [6.45, 7) is 3.69. The van der Waals surface area contributed by atoms with E-state index in [1.807, 2.05) is 36.5 Å². The molecule has 0 aliphatic heterocycles. The Hall–Kier alpha value is -1.67. The van der Waals surface area contributed by atoms with Gasteiger partial charge in [-0.15, -0.1) is 6.58 Å². The Morgan fingerprint density at radius 3 is 3.00 bits per heavy atom. The van der Waals surface area contributed by atoms with Crippen LogP contribution in [0.1, 0.15) is 18.0 Å². The fraction of sp³-hybridized carbons (Fsp3) is 0.154. The molecule has 2 heteroatoms. The number of aromatic nitrogens is 1. The van der Waals surface area contributed by atoms with Crippen molar-refractivity contribution in [3.8, 4) is 0 Å². The van der Waals surface area contributed by atoms with E-state index in [9.17, 15) is 0 Å². The van der Waals surface area contributed by atoms with Crippen molar-refractivity contribution < 1.29 is 0 Å². The SMILES string of the molecule is C=CC[C@H](N)c1cnc2ccccc2c1. The van der Waals surface area contributed by atoms with Gasteiger partial charge in [-0.25, -0.2) is 0 Å². The highest BCUT2D eigenvalue weighted by molar-refractivity contribution is 5.78.